The zero-order valence-corrected chi connectivity index (χ0v) is 13.3. The molecule has 0 bridgehead atoms. The van der Waals surface area contributed by atoms with Crippen molar-refractivity contribution in [3.63, 3.8) is 0 Å². The monoisotopic (exact) mass is 288 g/mol. The van der Waals surface area contributed by atoms with Crippen LogP contribution in [-0.2, 0) is 9.59 Å². The summed E-state index contributed by atoms with van der Waals surface area (Å²) in [6, 6.07) is 5.98. The van der Waals surface area contributed by atoms with E-state index in [0.717, 1.165) is 23.2 Å². The van der Waals surface area contributed by atoms with Crippen LogP contribution in [0, 0.1) is 19.8 Å². The number of hydrogen-bond donors (Lipinski definition) is 0. The van der Waals surface area contributed by atoms with Gasteiger partial charge in [-0.2, -0.15) is 0 Å². The maximum Gasteiger partial charge on any atom is 0.316 e. The van der Waals surface area contributed by atoms with Crippen LogP contribution < -0.4 is 4.90 Å². The number of piperazine rings is 1. The fraction of sp³-hybridized carbons (Fsp3) is 0.529. The van der Waals surface area contributed by atoms with Crippen molar-refractivity contribution in [1.82, 2.24) is 4.90 Å². The van der Waals surface area contributed by atoms with E-state index in [1.807, 2.05) is 26.0 Å². The van der Waals surface area contributed by atoms with Gasteiger partial charge >= 0.3 is 11.8 Å². The topological polar surface area (TPSA) is 40.6 Å². The van der Waals surface area contributed by atoms with Crippen LogP contribution >= 0.6 is 0 Å². The van der Waals surface area contributed by atoms with Crippen LogP contribution in [0.5, 0.6) is 0 Å². The van der Waals surface area contributed by atoms with Crippen molar-refractivity contribution in [2.45, 2.75) is 34.1 Å². The number of anilines is 1. The Morgan fingerprint density at radius 2 is 1.62 bits per heavy atom. The Hall–Kier alpha value is -1.84. The van der Waals surface area contributed by atoms with Gasteiger partial charge in [0, 0.05) is 25.3 Å². The van der Waals surface area contributed by atoms with Gasteiger partial charge in [0.1, 0.15) is 0 Å². The largest absolute Gasteiger partial charge is 0.333 e. The van der Waals surface area contributed by atoms with Gasteiger partial charge in [0.05, 0.1) is 0 Å². The first kappa shape index (κ1) is 15.5. The highest BCUT2D eigenvalue weighted by molar-refractivity contribution is 6.41. The quantitative estimate of drug-likeness (QED) is 0.799. The standard InChI is InChI=1S/C17H24N2O2/c1-12(2)5-6-18-7-8-19(17(21)16(18)20)15-10-13(3)9-14(4)11-15/h9-12H,5-8H2,1-4H3. The summed E-state index contributed by atoms with van der Waals surface area (Å²) in [6.45, 7) is 10.1. The van der Waals surface area contributed by atoms with Crippen molar-refractivity contribution in [1.29, 1.82) is 0 Å². The summed E-state index contributed by atoms with van der Waals surface area (Å²) in [5.41, 5.74) is 3.04. The third-order valence-corrected chi connectivity index (χ3v) is 3.80. The van der Waals surface area contributed by atoms with Gasteiger partial charge in [0.2, 0.25) is 0 Å². The molecule has 0 aliphatic carbocycles. The second-order valence-corrected chi connectivity index (χ2v) is 6.28. The van der Waals surface area contributed by atoms with Gasteiger partial charge in [-0.15, -0.1) is 0 Å². The minimum Gasteiger partial charge on any atom is -0.333 e. The average Bonchev–Trinajstić information content (AvgIpc) is 2.39. The van der Waals surface area contributed by atoms with Crippen LogP contribution in [0.4, 0.5) is 5.69 Å². The second-order valence-electron chi connectivity index (χ2n) is 6.28. The van der Waals surface area contributed by atoms with Gasteiger partial charge in [0.25, 0.3) is 0 Å². The molecule has 1 aliphatic heterocycles. The summed E-state index contributed by atoms with van der Waals surface area (Å²) in [6.07, 6.45) is 0.933. The zero-order valence-electron chi connectivity index (χ0n) is 13.3. The molecule has 1 aromatic carbocycles. The Morgan fingerprint density at radius 1 is 1.00 bits per heavy atom. The van der Waals surface area contributed by atoms with Gasteiger partial charge < -0.3 is 9.80 Å². The van der Waals surface area contributed by atoms with Crippen LogP contribution in [0.1, 0.15) is 31.4 Å². The molecule has 2 rings (SSSR count). The maximum absolute atomic E-state index is 12.3. The van der Waals surface area contributed by atoms with Crippen LogP contribution in [0.3, 0.4) is 0 Å². The van der Waals surface area contributed by atoms with E-state index in [2.05, 4.69) is 19.9 Å². The number of rotatable bonds is 4. The Balaban J connectivity index is 2.12. The van der Waals surface area contributed by atoms with Gasteiger partial charge in [-0.25, -0.2) is 0 Å². The number of carbonyl (C=O) groups excluding carboxylic acids is 2. The van der Waals surface area contributed by atoms with Gasteiger partial charge in [-0.3, -0.25) is 9.59 Å². The highest BCUT2D eigenvalue weighted by Gasteiger charge is 2.33. The molecule has 0 radical (unpaired) electrons. The lowest BCUT2D eigenvalue weighted by Crippen LogP contribution is -2.54. The van der Waals surface area contributed by atoms with Gasteiger partial charge in [-0.1, -0.05) is 19.9 Å². The highest BCUT2D eigenvalue weighted by Crippen LogP contribution is 2.21. The zero-order chi connectivity index (χ0) is 15.6. The minimum atomic E-state index is -0.407. The molecule has 114 valence electrons. The molecule has 4 heteroatoms. The molecule has 1 heterocycles. The van der Waals surface area contributed by atoms with Crippen LogP contribution in [0.25, 0.3) is 0 Å². The van der Waals surface area contributed by atoms with Crippen molar-refractivity contribution in [3.05, 3.63) is 29.3 Å². The molecular formula is C17H24N2O2. The predicted molar refractivity (Wildman–Crippen MR) is 84.3 cm³/mol. The van der Waals surface area contributed by atoms with E-state index >= 15 is 0 Å². The summed E-state index contributed by atoms with van der Waals surface area (Å²) in [5, 5.41) is 0. The lowest BCUT2D eigenvalue weighted by atomic mass is 10.1. The molecule has 1 fully saturated rings. The number of carbonyl (C=O) groups is 2. The summed E-state index contributed by atoms with van der Waals surface area (Å²) < 4.78 is 0. The van der Waals surface area contributed by atoms with E-state index in [4.69, 9.17) is 0 Å². The fourth-order valence-corrected chi connectivity index (χ4v) is 2.65. The molecule has 2 amide bonds. The molecule has 1 saturated heterocycles. The molecular weight excluding hydrogens is 264 g/mol. The molecule has 0 spiro atoms. The third-order valence-electron chi connectivity index (χ3n) is 3.80. The fourth-order valence-electron chi connectivity index (χ4n) is 2.65. The Bertz CT molecular complexity index is 531. The summed E-state index contributed by atoms with van der Waals surface area (Å²) in [4.78, 5) is 27.9. The smallest absolute Gasteiger partial charge is 0.316 e. The number of amides is 2. The summed E-state index contributed by atoms with van der Waals surface area (Å²) in [5.74, 6) is -0.249. The van der Waals surface area contributed by atoms with Crippen LogP contribution in [0.2, 0.25) is 0 Å². The van der Waals surface area contributed by atoms with E-state index in [0.29, 0.717) is 25.6 Å². The molecule has 0 N–H and O–H groups in total. The molecule has 21 heavy (non-hydrogen) atoms. The first-order chi connectivity index (χ1) is 9.88. The third kappa shape index (κ3) is 3.63. The van der Waals surface area contributed by atoms with E-state index in [1.165, 1.54) is 0 Å². The van der Waals surface area contributed by atoms with E-state index in [9.17, 15) is 9.59 Å². The lowest BCUT2D eigenvalue weighted by Gasteiger charge is -2.34. The highest BCUT2D eigenvalue weighted by atomic mass is 16.2. The number of benzene rings is 1. The predicted octanol–water partition coefficient (Wildman–Crippen LogP) is 2.52. The summed E-state index contributed by atoms with van der Waals surface area (Å²) >= 11 is 0. The number of hydrogen-bond acceptors (Lipinski definition) is 2. The Morgan fingerprint density at radius 3 is 2.19 bits per heavy atom. The number of aryl methyl sites for hydroxylation is 2. The Labute approximate surface area is 126 Å². The van der Waals surface area contributed by atoms with Crippen LogP contribution in [0.15, 0.2) is 18.2 Å². The first-order valence-corrected chi connectivity index (χ1v) is 7.57. The van der Waals surface area contributed by atoms with E-state index < -0.39 is 5.91 Å². The SMILES string of the molecule is Cc1cc(C)cc(N2CCN(CCC(C)C)C(=O)C2=O)c1. The van der Waals surface area contributed by atoms with E-state index in [-0.39, 0.29) is 5.91 Å². The first-order valence-electron chi connectivity index (χ1n) is 7.57. The molecule has 0 unspecified atom stereocenters. The van der Waals surface area contributed by atoms with Crippen molar-refractivity contribution in [3.8, 4) is 0 Å². The van der Waals surface area contributed by atoms with Crippen LogP contribution in [-0.4, -0.2) is 36.3 Å². The van der Waals surface area contributed by atoms with Crippen molar-refractivity contribution < 1.29 is 9.59 Å². The maximum atomic E-state index is 12.3. The molecule has 0 atom stereocenters. The van der Waals surface area contributed by atoms with Crippen molar-refractivity contribution >= 4 is 17.5 Å². The average molecular weight is 288 g/mol. The molecule has 0 saturated carbocycles. The van der Waals surface area contributed by atoms with E-state index in [1.54, 1.807) is 9.80 Å². The van der Waals surface area contributed by atoms with Crippen molar-refractivity contribution in [2.75, 3.05) is 24.5 Å². The number of nitrogens with zero attached hydrogens (tertiary/aromatic N) is 2. The Kier molecular flexibility index (Phi) is 4.66. The molecule has 4 nitrogen and oxygen atoms in total. The molecule has 0 aromatic heterocycles. The minimum absolute atomic E-state index is 0.374. The van der Waals surface area contributed by atoms with Gasteiger partial charge in [-0.05, 0) is 49.4 Å². The molecule has 1 aliphatic rings. The van der Waals surface area contributed by atoms with Gasteiger partial charge in [0.15, 0.2) is 0 Å². The lowest BCUT2D eigenvalue weighted by molar-refractivity contribution is -0.146. The molecule has 1 aromatic rings. The second kappa shape index (κ2) is 6.29. The summed E-state index contributed by atoms with van der Waals surface area (Å²) in [7, 11) is 0. The van der Waals surface area contributed by atoms with Crippen molar-refractivity contribution in [2.24, 2.45) is 5.92 Å². The normalized spacial score (nSPS) is 16.0.